The van der Waals surface area contributed by atoms with Crippen LogP contribution in [-0.2, 0) is 18.2 Å². The largest absolute Gasteiger partial charge is 0.378 e. The predicted octanol–water partition coefficient (Wildman–Crippen LogP) is 1.88. The summed E-state index contributed by atoms with van der Waals surface area (Å²) in [6, 6.07) is 0.229. The lowest BCUT2D eigenvalue weighted by molar-refractivity contribution is 0.122. The molecule has 11 heteroatoms. The van der Waals surface area contributed by atoms with Crippen LogP contribution in [0.25, 0.3) is 0 Å². The monoisotopic (exact) mass is 416 g/mol. The summed E-state index contributed by atoms with van der Waals surface area (Å²) in [7, 11) is 1.89. The molecular formula is C19H22F2N8O. The Labute approximate surface area is 172 Å². The van der Waals surface area contributed by atoms with Gasteiger partial charge in [0.05, 0.1) is 49.6 Å². The highest BCUT2D eigenvalue weighted by Crippen LogP contribution is 2.21. The lowest BCUT2D eigenvalue weighted by Gasteiger charge is -2.27. The van der Waals surface area contributed by atoms with E-state index in [1.807, 2.05) is 22.7 Å². The number of hydrogen-bond donors (Lipinski definition) is 1. The molecule has 4 heterocycles. The van der Waals surface area contributed by atoms with Gasteiger partial charge >= 0.3 is 0 Å². The van der Waals surface area contributed by atoms with Gasteiger partial charge in [-0.15, -0.1) is 0 Å². The smallest absolute Gasteiger partial charge is 0.230 e. The summed E-state index contributed by atoms with van der Waals surface area (Å²) in [6.45, 7) is 4.21. The summed E-state index contributed by atoms with van der Waals surface area (Å²) in [4.78, 5) is 23.8. The molecule has 1 N–H and O–H groups in total. The Morgan fingerprint density at radius 3 is 2.67 bits per heavy atom. The maximum atomic E-state index is 14.1. The predicted molar refractivity (Wildman–Crippen MR) is 105 cm³/mol. The maximum absolute atomic E-state index is 14.1. The van der Waals surface area contributed by atoms with E-state index >= 15 is 0 Å². The van der Waals surface area contributed by atoms with E-state index in [0.29, 0.717) is 44.5 Å². The number of morpholine rings is 1. The van der Waals surface area contributed by atoms with Gasteiger partial charge in [-0.05, 0) is 6.92 Å². The Kier molecular flexibility index (Phi) is 5.79. The Morgan fingerprint density at radius 1 is 1.17 bits per heavy atom. The zero-order chi connectivity index (χ0) is 21.1. The topological polar surface area (TPSA) is 93.9 Å². The number of ether oxygens (including phenoxy) is 1. The number of nitrogens with zero attached hydrogens (tertiary/aromatic N) is 7. The SMILES string of the molecule is CC(Nc1nc(Cc2cn(C)cn2)nc(N2CCOCC2)n1)c1ncc(F)cc1F. The second-order valence-electron chi connectivity index (χ2n) is 7.07. The van der Waals surface area contributed by atoms with Crippen molar-refractivity contribution in [1.82, 2.24) is 29.5 Å². The van der Waals surface area contributed by atoms with E-state index in [1.54, 1.807) is 13.3 Å². The van der Waals surface area contributed by atoms with Crippen LogP contribution in [0.15, 0.2) is 24.8 Å². The van der Waals surface area contributed by atoms with Crippen LogP contribution in [0.1, 0.15) is 30.2 Å². The molecule has 3 aromatic rings. The zero-order valence-electron chi connectivity index (χ0n) is 16.7. The van der Waals surface area contributed by atoms with E-state index in [4.69, 9.17) is 4.74 Å². The van der Waals surface area contributed by atoms with Crippen molar-refractivity contribution >= 4 is 11.9 Å². The van der Waals surface area contributed by atoms with Crippen LogP contribution >= 0.6 is 0 Å². The number of nitrogens with one attached hydrogen (secondary N) is 1. The van der Waals surface area contributed by atoms with Gasteiger partial charge in [0.15, 0.2) is 0 Å². The molecule has 1 aliphatic rings. The first-order valence-corrected chi connectivity index (χ1v) is 9.60. The molecular weight excluding hydrogens is 394 g/mol. The molecule has 0 spiro atoms. The summed E-state index contributed by atoms with van der Waals surface area (Å²) in [6.07, 6.45) is 5.01. The molecule has 3 aromatic heterocycles. The minimum Gasteiger partial charge on any atom is -0.378 e. The van der Waals surface area contributed by atoms with Crippen molar-refractivity contribution in [2.75, 3.05) is 36.5 Å². The minimum absolute atomic E-state index is 0.0796. The fraction of sp³-hybridized carbons (Fsp3) is 0.421. The fourth-order valence-electron chi connectivity index (χ4n) is 3.18. The third-order valence-corrected chi connectivity index (χ3v) is 4.65. The normalized spacial score (nSPS) is 15.3. The second-order valence-corrected chi connectivity index (χ2v) is 7.07. The highest BCUT2D eigenvalue weighted by Gasteiger charge is 2.20. The Balaban J connectivity index is 1.62. The number of hydrogen-bond acceptors (Lipinski definition) is 8. The lowest BCUT2D eigenvalue weighted by Crippen LogP contribution is -2.37. The standard InChI is InChI=1S/C19H22F2N8O/c1-12(17-15(21)7-13(20)9-22-17)24-18-25-16(8-14-10-28(2)11-23-14)26-19(27-18)29-3-5-30-6-4-29/h7,9-12H,3-6,8H2,1-2H3,(H,24,25,26,27). The molecule has 1 atom stereocenters. The molecule has 30 heavy (non-hydrogen) atoms. The first kappa shape index (κ1) is 20.1. The molecule has 0 radical (unpaired) electrons. The van der Waals surface area contributed by atoms with Crippen LogP contribution in [0.3, 0.4) is 0 Å². The van der Waals surface area contributed by atoms with Gasteiger partial charge in [0.2, 0.25) is 11.9 Å². The van der Waals surface area contributed by atoms with E-state index in [0.717, 1.165) is 18.0 Å². The van der Waals surface area contributed by atoms with Gasteiger partial charge in [-0.1, -0.05) is 0 Å². The summed E-state index contributed by atoms with van der Waals surface area (Å²) < 4.78 is 34.5. The number of anilines is 2. The fourth-order valence-corrected chi connectivity index (χ4v) is 3.18. The molecule has 158 valence electrons. The number of rotatable bonds is 6. The van der Waals surface area contributed by atoms with Crippen molar-refractivity contribution in [3.8, 4) is 0 Å². The molecule has 1 fully saturated rings. The quantitative estimate of drug-likeness (QED) is 0.651. The van der Waals surface area contributed by atoms with Gasteiger partial charge in [0, 0.05) is 32.4 Å². The summed E-state index contributed by atoms with van der Waals surface area (Å²) >= 11 is 0. The van der Waals surface area contributed by atoms with Crippen LogP contribution in [0.2, 0.25) is 0 Å². The van der Waals surface area contributed by atoms with Crippen LogP contribution in [0.5, 0.6) is 0 Å². The van der Waals surface area contributed by atoms with E-state index in [9.17, 15) is 8.78 Å². The summed E-state index contributed by atoms with van der Waals surface area (Å²) in [5.74, 6) is -0.119. The van der Waals surface area contributed by atoms with Gasteiger partial charge in [-0.2, -0.15) is 15.0 Å². The number of aromatic nitrogens is 6. The van der Waals surface area contributed by atoms with E-state index in [2.05, 4.69) is 30.2 Å². The molecule has 9 nitrogen and oxygen atoms in total. The molecule has 0 bridgehead atoms. The van der Waals surface area contributed by atoms with Crippen molar-refractivity contribution in [3.05, 3.63) is 53.6 Å². The van der Waals surface area contributed by atoms with Gasteiger partial charge < -0.3 is 19.5 Å². The van der Waals surface area contributed by atoms with Crippen LogP contribution in [0, 0.1) is 11.6 Å². The van der Waals surface area contributed by atoms with Gasteiger partial charge in [0.25, 0.3) is 0 Å². The highest BCUT2D eigenvalue weighted by molar-refractivity contribution is 5.39. The van der Waals surface area contributed by atoms with Gasteiger partial charge in [-0.3, -0.25) is 4.98 Å². The first-order valence-electron chi connectivity index (χ1n) is 9.60. The van der Waals surface area contributed by atoms with E-state index in [1.165, 1.54) is 0 Å². The molecule has 4 rings (SSSR count). The lowest BCUT2D eigenvalue weighted by atomic mass is 10.2. The van der Waals surface area contributed by atoms with Gasteiger partial charge in [0.1, 0.15) is 17.5 Å². The maximum Gasteiger partial charge on any atom is 0.230 e. The van der Waals surface area contributed by atoms with E-state index in [-0.39, 0.29) is 11.6 Å². The van der Waals surface area contributed by atoms with Crippen LogP contribution in [-0.4, -0.2) is 55.8 Å². The minimum atomic E-state index is -0.730. The number of imidazole rings is 1. The third-order valence-electron chi connectivity index (χ3n) is 4.65. The van der Waals surface area contributed by atoms with Crippen molar-refractivity contribution in [1.29, 1.82) is 0 Å². The molecule has 1 unspecified atom stereocenters. The summed E-state index contributed by atoms with van der Waals surface area (Å²) in [5.41, 5.74) is 0.901. The molecule has 0 amide bonds. The second kappa shape index (κ2) is 8.66. The van der Waals surface area contributed by atoms with Crippen molar-refractivity contribution in [2.24, 2.45) is 7.05 Å². The molecule has 0 saturated carbocycles. The van der Waals surface area contributed by atoms with Crippen LogP contribution < -0.4 is 10.2 Å². The molecule has 0 aromatic carbocycles. The van der Waals surface area contributed by atoms with Crippen molar-refractivity contribution in [2.45, 2.75) is 19.4 Å². The molecule has 1 saturated heterocycles. The summed E-state index contributed by atoms with van der Waals surface area (Å²) in [5, 5.41) is 3.06. The third kappa shape index (κ3) is 4.67. The Morgan fingerprint density at radius 2 is 1.97 bits per heavy atom. The van der Waals surface area contributed by atoms with Gasteiger partial charge in [-0.25, -0.2) is 13.8 Å². The Hall–Kier alpha value is -3.21. The highest BCUT2D eigenvalue weighted by atomic mass is 19.1. The first-order chi connectivity index (χ1) is 14.5. The zero-order valence-corrected chi connectivity index (χ0v) is 16.7. The van der Waals surface area contributed by atoms with Crippen molar-refractivity contribution < 1.29 is 13.5 Å². The van der Waals surface area contributed by atoms with Crippen LogP contribution in [0.4, 0.5) is 20.7 Å². The number of aryl methyl sites for hydroxylation is 1. The average Bonchev–Trinajstić information content (AvgIpc) is 3.13. The Bertz CT molecular complexity index is 1020. The molecule has 0 aliphatic carbocycles. The molecule has 1 aliphatic heterocycles. The van der Waals surface area contributed by atoms with Crippen molar-refractivity contribution in [3.63, 3.8) is 0 Å². The number of halogens is 2. The average molecular weight is 416 g/mol. The van der Waals surface area contributed by atoms with E-state index < -0.39 is 17.7 Å². The number of pyridine rings is 1.